The van der Waals surface area contributed by atoms with Crippen molar-refractivity contribution in [2.45, 2.75) is 25.8 Å². The molecule has 27 heavy (non-hydrogen) atoms. The van der Waals surface area contributed by atoms with E-state index in [0.717, 1.165) is 48.2 Å². The molecule has 1 saturated heterocycles. The largest absolute Gasteiger partial charge is 0.325 e. The number of amides is 2. The first-order valence-corrected chi connectivity index (χ1v) is 9.15. The molecule has 0 spiro atoms. The Bertz CT molecular complexity index is 1040. The zero-order chi connectivity index (χ0) is 18.4. The average Bonchev–Trinajstić information content (AvgIpc) is 3.33. The normalized spacial score (nSPS) is 17.4. The summed E-state index contributed by atoms with van der Waals surface area (Å²) in [6, 6.07) is 5.75. The molecule has 0 saturated carbocycles. The van der Waals surface area contributed by atoms with Crippen LogP contribution in [0.25, 0.3) is 10.9 Å². The van der Waals surface area contributed by atoms with Gasteiger partial charge < -0.3 is 14.4 Å². The molecule has 0 unspecified atom stereocenters. The number of aromatic nitrogens is 5. The van der Waals surface area contributed by atoms with Crippen molar-refractivity contribution >= 4 is 28.4 Å². The van der Waals surface area contributed by atoms with E-state index in [0.29, 0.717) is 18.9 Å². The molecule has 0 atom stereocenters. The van der Waals surface area contributed by atoms with E-state index in [4.69, 9.17) is 0 Å². The number of nitrogens with zero attached hydrogens (tertiary/aromatic N) is 6. The highest BCUT2D eigenvalue weighted by Gasteiger charge is 2.32. The molecule has 2 aliphatic heterocycles. The fraction of sp³-hybridized carbons (Fsp3) is 0.389. The zero-order valence-electron chi connectivity index (χ0n) is 14.8. The third kappa shape index (κ3) is 2.66. The highest BCUT2D eigenvalue weighted by atomic mass is 16.2. The van der Waals surface area contributed by atoms with E-state index in [2.05, 4.69) is 20.4 Å². The molecule has 9 nitrogen and oxygen atoms in total. The van der Waals surface area contributed by atoms with Gasteiger partial charge in [-0.15, -0.1) is 10.2 Å². The Morgan fingerprint density at radius 1 is 1.11 bits per heavy atom. The van der Waals surface area contributed by atoms with E-state index >= 15 is 0 Å². The number of H-pyrrole nitrogens is 1. The van der Waals surface area contributed by atoms with Crippen molar-refractivity contribution in [1.82, 2.24) is 29.9 Å². The quantitative estimate of drug-likeness (QED) is 0.730. The second kappa shape index (κ2) is 6.19. The highest BCUT2D eigenvalue weighted by Crippen LogP contribution is 2.23. The molecule has 2 aromatic heterocycles. The molecular formula is C18H19N7O2. The predicted octanol–water partition coefficient (Wildman–Crippen LogP) is 0.980. The Balaban J connectivity index is 1.34. The van der Waals surface area contributed by atoms with Crippen LogP contribution in [0.3, 0.4) is 0 Å². The van der Waals surface area contributed by atoms with Gasteiger partial charge >= 0.3 is 0 Å². The molecule has 5 rings (SSSR count). The number of benzene rings is 1. The molecule has 1 fully saturated rings. The summed E-state index contributed by atoms with van der Waals surface area (Å²) in [6.45, 7) is 1.72. The first-order valence-electron chi connectivity index (χ1n) is 9.15. The maximum atomic E-state index is 12.9. The second-order valence-corrected chi connectivity index (χ2v) is 6.96. The maximum Gasteiger partial charge on any atom is 0.292 e. The number of rotatable bonds is 2. The maximum absolute atomic E-state index is 12.9. The minimum atomic E-state index is -0.215. The van der Waals surface area contributed by atoms with E-state index in [1.165, 1.54) is 0 Å². The van der Waals surface area contributed by atoms with Gasteiger partial charge in [-0.1, -0.05) is 0 Å². The van der Waals surface area contributed by atoms with Crippen molar-refractivity contribution in [2.75, 3.05) is 24.5 Å². The first kappa shape index (κ1) is 16.0. The SMILES string of the molecule is O=C(c1nnc2n1CCCC2)N1CCN(c2ccc3cn[nH]c3c2)C(=O)C1. The van der Waals surface area contributed by atoms with Crippen molar-refractivity contribution in [3.63, 3.8) is 0 Å². The van der Waals surface area contributed by atoms with Crippen LogP contribution in [0.1, 0.15) is 29.3 Å². The number of hydrogen-bond acceptors (Lipinski definition) is 5. The minimum Gasteiger partial charge on any atom is -0.325 e. The molecule has 138 valence electrons. The molecule has 1 aromatic carbocycles. The van der Waals surface area contributed by atoms with Crippen LogP contribution in [0.2, 0.25) is 0 Å². The van der Waals surface area contributed by atoms with Gasteiger partial charge in [0.2, 0.25) is 11.7 Å². The summed E-state index contributed by atoms with van der Waals surface area (Å²) in [5.74, 6) is 0.895. The summed E-state index contributed by atoms with van der Waals surface area (Å²) in [7, 11) is 0. The Morgan fingerprint density at radius 3 is 2.93 bits per heavy atom. The summed E-state index contributed by atoms with van der Waals surface area (Å²) in [4.78, 5) is 28.9. The number of anilines is 1. The van der Waals surface area contributed by atoms with Gasteiger partial charge in [-0.2, -0.15) is 5.10 Å². The smallest absolute Gasteiger partial charge is 0.292 e. The lowest BCUT2D eigenvalue weighted by Gasteiger charge is -2.34. The molecule has 4 heterocycles. The molecule has 2 aliphatic rings. The van der Waals surface area contributed by atoms with Crippen LogP contribution in [0.5, 0.6) is 0 Å². The van der Waals surface area contributed by atoms with Crippen LogP contribution < -0.4 is 4.90 Å². The molecule has 1 N–H and O–H groups in total. The molecule has 0 radical (unpaired) electrons. The monoisotopic (exact) mass is 365 g/mol. The van der Waals surface area contributed by atoms with Gasteiger partial charge in [0.05, 0.1) is 11.7 Å². The van der Waals surface area contributed by atoms with Crippen LogP contribution in [-0.2, 0) is 17.8 Å². The standard InChI is InChI=1S/C18H19N7O2/c26-16-11-23(18(27)17-22-21-15-3-1-2-6-25(15)17)7-8-24(16)13-5-4-12-10-19-20-14(12)9-13/h4-5,9-10H,1-3,6-8,11H2,(H,19,20). The summed E-state index contributed by atoms with van der Waals surface area (Å²) in [5, 5.41) is 16.2. The number of hydrogen-bond donors (Lipinski definition) is 1. The summed E-state index contributed by atoms with van der Waals surface area (Å²) < 4.78 is 1.90. The van der Waals surface area contributed by atoms with Gasteiger partial charge in [0.25, 0.3) is 5.91 Å². The topological polar surface area (TPSA) is 100 Å². The second-order valence-electron chi connectivity index (χ2n) is 6.96. The van der Waals surface area contributed by atoms with E-state index in [1.54, 1.807) is 16.0 Å². The fourth-order valence-corrected chi connectivity index (χ4v) is 3.82. The zero-order valence-corrected chi connectivity index (χ0v) is 14.8. The van der Waals surface area contributed by atoms with Crippen LogP contribution in [-0.4, -0.2) is 61.3 Å². The van der Waals surface area contributed by atoms with E-state index in [1.807, 2.05) is 22.8 Å². The third-order valence-electron chi connectivity index (χ3n) is 5.30. The number of piperazine rings is 1. The molecule has 2 amide bonds. The van der Waals surface area contributed by atoms with Crippen LogP contribution in [0, 0.1) is 0 Å². The van der Waals surface area contributed by atoms with E-state index < -0.39 is 0 Å². The van der Waals surface area contributed by atoms with Gasteiger partial charge in [-0.3, -0.25) is 14.7 Å². The Hall–Kier alpha value is -3.23. The van der Waals surface area contributed by atoms with Gasteiger partial charge in [0.1, 0.15) is 12.4 Å². The van der Waals surface area contributed by atoms with Gasteiger partial charge in [-0.05, 0) is 31.0 Å². The van der Waals surface area contributed by atoms with Gasteiger partial charge in [-0.25, -0.2) is 0 Å². The average molecular weight is 365 g/mol. The molecule has 0 aliphatic carbocycles. The molecular weight excluding hydrogens is 346 g/mol. The number of carbonyl (C=O) groups is 2. The lowest BCUT2D eigenvalue weighted by Crippen LogP contribution is -2.52. The number of aryl methyl sites for hydroxylation is 1. The number of fused-ring (bicyclic) bond motifs is 2. The Kier molecular flexibility index (Phi) is 3.66. The van der Waals surface area contributed by atoms with E-state index in [9.17, 15) is 9.59 Å². The minimum absolute atomic E-state index is 0.0437. The summed E-state index contributed by atoms with van der Waals surface area (Å²) >= 11 is 0. The first-order chi connectivity index (χ1) is 13.2. The van der Waals surface area contributed by atoms with Gasteiger partial charge in [0.15, 0.2) is 0 Å². The van der Waals surface area contributed by atoms with Crippen LogP contribution in [0.15, 0.2) is 24.4 Å². The fourth-order valence-electron chi connectivity index (χ4n) is 3.82. The van der Waals surface area contributed by atoms with Crippen molar-refractivity contribution in [2.24, 2.45) is 0 Å². The van der Waals surface area contributed by atoms with Crippen molar-refractivity contribution in [3.8, 4) is 0 Å². The number of nitrogens with one attached hydrogen (secondary N) is 1. The molecule has 3 aromatic rings. The Morgan fingerprint density at radius 2 is 2.04 bits per heavy atom. The van der Waals surface area contributed by atoms with Crippen LogP contribution in [0.4, 0.5) is 5.69 Å². The van der Waals surface area contributed by atoms with Crippen molar-refractivity contribution < 1.29 is 9.59 Å². The van der Waals surface area contributed by atoms with Gasteiger partial charge in [0, 0.05) is 37.1 Å². The molecule has 0 bridgehead atoms. The number of carbonyl (C=O) groups excluding carboxylic acids is 2. The molecule has 9 heteroatoms. The number of aromatic amines is 1. The highest BCUT2D eigenvalue weighted by molar-refractivity contribution is 6.01. The summed E-state index contributed by atoms with van der Waals surface area (Å²) in [6.07, 6.45) is 4.69. The lowest BCUT2D eigenvalue weighted by molar-refractivity contribution is -0.120. The van der Waals surface area contributed by atoms with Crippen LogP contribution >= 0.6 is 0 Å². The third-order valence-corrected chi connectivity index (χ3v) is 5.30. The Labute approximate surface area is 155 Å². The predicted molar refractivity (Wildman–Crippen MR) is 97.3 cm³/mol. The lowest BCUT2D eigenvalue weighted by atomic mass is 10.1. The summed E-state index contributed by atoms with van der Waals surface area (Å²) in [5.41, 5.74) is 1.69. The van der Waals surface area contributed by atoms with Crippen molar-refractivity contribution in [3.05, 3.63) is 36.0 Å². The van der Waals surface area contributed by atoms with Crippen molar-refractivity contribution in [1.29, 1.82) is 0 Å². The van der Waals surface area contributed by atoms with E-state index in [-0.39, 0.29) is 18.4 Å².